The lowest BCUT2D eigenvalue weighted by atomic mass is 10.1. The van der Waals surface area contributed by atoms with Crippen molar-refractivity contribution in [2.75, 3.05) is 12.3 Å². The molecule has 0 radical (unpaired) electrons. The van der Waals surface area contributed by atoms with Crippen LogP contribution in [0.2, 0.25) is 0 Å². The Hall–Kier alpha value is -1.64. The highest BCUT2D eigenvalue weighted by Gasteiger charge is 2.22. The predicted molar refractivity (Wildman–Crippen MR) is 102 cm³/mol. The summed E-state index contributed by atoms with van der Waals surface area (Å²) < 4.78 is 2.03. The van der Waals surface area contributed by atoms with Gasteiger partial charge in [-0.3, -0.25) is 4.79 Å². The minimum absolute atomic E-state index is 0.176. The topological polar surface area (TPSA) is 51.0 Å². The average Bonchev–Trinajstić information content (AvgIpc) is 3.38. The van der Waals surface area contributed by atoms with Crippen molar-refractivity contribution < 1.29 is 4.79 Å². The van der Waals surface area contributed by atoms with Crippen LogP contribution in [-0.4, -0.2) is 37.9 Å². The molecule has 0 N–H and O–H groups in total. The minimum atomic E-state index is 0.176. The van der Waals surface area contributed by atoms with E-state index < -0.39 is 0 Å². The molecule has 8 heteroatoms. The van der Waals surface area contributed by atoms with Crippen LogP contribution in [0.15, 0.2) is 40.4 Å². The lowest BCUT2D eigenvalue weighted by Gasteiger charge is -2.26. The van der Waals surface area contributed by atoms with Gasteiger partial charge >= 0.3 is 0 Å². The third-order valence-electron chi connectivity index (χ3n) is 4.24. The van der Waals surface area contributed by atoms with Crippen LogP contribution in [-0.2, 0) is 30.7 Å². The van der Waals surface area contributed by atoms with Crippen LogP contribution in [0, 0.1) is 0 Å². The second kappa shape index (κ2) is 7.72. The average molecular weight is 391 g/mol. The van der Waals surface area contributed by atoms with E-state index in [0.717, 1.165) is 37.6 Å². The molecular weight excluding hydrogens is 372 g/mol. The normalized spacial score (nSPS) is 13.8. The van der Waals surface area contributed by atoms with Crippen LogP contribution in [0.4, 0.5) is 0 Å². The molecule has 1 aliphatic heterocycles. The van der Waals surface area contributed by atoms with Gasteiger partial charge in [0.05, 0.1) is 5.75 Å². The maximum absolute atomic E-state index is 12.5. The van der Waals surface area contributed by atoms with Gasteiger partial charge in [0.2, 0.25) is 5.91 Å². The molecule has 5 nitrogen and oxygen atoms in total. The SMILES string of the molecule is O=C(CSc1nncn1CCc1cccs1)N1CCc2sccc2C1. The molecule has 3 aromatic heterocycles. The lowest BCUT2D eigenvalue weighted by Crippen LogP contribution is -2.36. The Labute approximate surface area is 158 Å². The number of hydrogen-bond donors (Lipinski definition) is 0. The number of nitrogens with zero attached hydrogens (tertiary/aromatic N) is 4. The summed E-state index contributed by atoms with van der Waals surface area (Å²) in [6, 6.07) is 6.34. The zero-order valence-electron chi connectivity index (χ0n) is 13.6. The van der Waals surface area contributed by atoms with Crippen molar-refractivity contribution in [1.82, 2.24) is 19.7 Å². The molecule has 4 rings (SSSR count). The van der Waals surface area contributed by atoms with Gasteiger partial charge in [-0.25, -0.2) is 0 Å². The number of fused-ring (bicyclic) bond motifs is 1. The number of hydrogen-bond acceptors (Lipinski definition) is 6. The Kier molecular flexibility index (Phi) is 5.19. The smallest absolute Gasteiger partial charge is 0.233 e. The van der Waals surface area contributed by atoms with Crippen LogP contribution in [0.1, 0.15) is 15.3 Å². The predicted octanol–water partition coefficient (Wildman–Crippen LogP) is 3.32. The molecule has 130 valence electrons. The summed E-state index contributed by atoms with van der Waals surface area (Å²) >= 11 is 5.03. The number of amides is 1. The summed E-state index contributed by atoms with van der Waals surface area (Å²) in [6.07, 6.45) is 3.68. The molecule has 1 amide bonds. The van der Waals surface area contributed by atoms with Gasteiger partial charge in [0.25, 0.3) is 0 Å². The fourth-order valence-electron chi connectivity index (χ4n) is 2.87. The van der Waals surface area contributed by atoms with Crippen LogP contribution >= 0.6 is 34.4 Å². The van der Waals surface area contributed by atoms with E-state index in [1.165, 1.54) is 27.1 Å². The van der Waals surface area contributed by atoms with Crippen molar-refractivity contribution in [3.8, 4) is 0 Å². The molecule has 0 aliphatic carbocycles. The third kappa shape index (κ3) is 3.96. The molecule has 0 saturated carbocycles. The van der Waals surface area contributed by atoms with Gasteiger partial charge in [-0.1, -0.05) is 17.8 Å². The highest BCUT2D eigenvalue weighted by Crippen LogP contribution is 2.25. The van der Waals surface area contributed by atoms with Crippen LogP contribution in [0.25, 0.3) is 0 Å². The molecule has 0 aromatic carbocycles. The first-order valence-electron chi connectivity index (χ1n) is 8.15. The summed E-state index contributed by atoms with van der Waals surface area (Å²) in [4.78, 5) is 17.3. The van der Waals surface area contributed by atoms with Crippen LogP contribution in [0.5, 0.6) is 0 Å². The zero-order valence-corrected chi connectivity index (χ0v) is 16.1. The summed E-state index contributed by atoms with van der Waals surface area (Å²) in [5.74, 6) is 0.589. The largest absolute Gasteiger partial charge is 0.337 e. The summed E-state index contributed by atoms with van der Waals surface area (Å²) in [5.41, 5.74) is 1.30. The number of thiophene rings is 2. The van der Waals surface area contributed by atoms with Gasteiger partial charge in [0, 0.05) is 29.4 Å². The molecular formula is C17H18N4OS3. The molecule has 0 unspecified atom stereocenters. The Bertz CT molecular complexity index is 840. The van der Waals surface area contributed by atoms with E-state index in [1.807, 2.05) is 9.47 Å². The van der Waals surface area contributed by atoms with E-state index in [2.05, 4.69) is 39.2 Å². The molecule has 0 spiro atoms. The minimum Gasteiger partial charge on any atom is -0.337 e. The van der Waals surface area contributed by atoms with Crippen molar-refractivity contribution in [2.45, 2.75) is 31.1 Å². The molecule has 0 fully saturated rings. The number of aryl methyl sites for hydroxylation is 2. The maximum Gasteiger partial charge on any atom is 0.233 e. The molecule has 1 aliphatic rings. The molecule has 0 atom stereocenters. The fourth-order valence-corrected chi connectivity index (χ4v) is 5.31. The number of aromatic nitrogens is 3. The van der Waals surface area contributed by atoms with E-state index in [9.17, 15) is 4.79 Å². The van der Waals surface area contributed by atoms with Crippen LogP contribution in [0.3, 0.4) is 0 Å². The maximum atomic E-state index is 12.5. The molecule has 3 aromatic rings. The first-order chi connectivity index (χ1) is 12.3. The second-order valence-electron chi connectivity index (χ2n) is 5.86. The highest BCUT2D eigenvalue weighted by molar-refractivity contribution is 7.99. The Morgan fingerprint density at radius 1 is 1.28 bits per heavy atom. The number of carbonyl (C=O) groups excluding carboxylic acids is 1. The standard InChI is InChI=1S/C17H18N4OS3/c22-16(20-7-4-15-13(10-20)5-9-24-15)11-25-17-19-18-12-21(17)6-3-14-2-1-8-23-14/h1-2,5,8-9,12H,3-4,6-7,10-11H2. The number of rotatable bonds is 6. The van der Waals surface area contributed by atoms with Crippen molar-refractivity contribution in [3.63, 3.8) is 0 Å². The second-order valence-corrected chi connectivity index (χ2v) is 8.83. The van der Waals surface area contributed by atoms with Crippen molar-refractivity contribution in [2.24, 2.45) is 0 Å². The van der Waals surface area contributed by atoms with Gasteiger partial charge in [-0.2, -0.15) is 0 Å². The zero-order chi connectivity index (χ0) is 17.1. The Morgan fingerprint density at radius 3 is 3.12 bits per heavy atom. The van der Waals surface area contributed by atoms with Crippen molar-refractivity contribution >= 4 is 40.3 Å². The Morgan fingerprint density at radius 2 is 2.24 bits per heavy atom. The van der Waals surface area contributed by atoms with Gasteiger partial charge in [0.15, 0.2) is 5.16 Å². The van der Waals surface area contributed by atoms with E-state index in [1.54, 1.807) is 29.0 Å². The van der Waals surface area contributed by atoms with E-state index in [4.69, 9.17) is 0 Å². The fraction of sp³-hybridized carbons (Fsp3) is 0.353. The number of carbonyl (C=O) groups is 1. The van der Waals surface area contributed by atoms with Gasteiger partial charge in [-0.05, 0) is 41.3 Å². The lowest BCUT2D eigenvalue weighted by molar-refractivity contribution is -0.129. The monoisotopic (exact) mass is 390 g/mol. The summed E-state index contributed by atoms with van der Waals surface area (Å²) in [7, 11) is 0. The summed E-state index contributed by atoms with van der Waals surface area (Å²) in [5, 5.41) is 13.2. The van der Waals surface area contributed by atoms with Gasteiger partial charge in [-0.15, -0.1) is 32.9 Å². The van der Waals surface area contributed by atoms with Gasteiger partial charge < -0.3 is 9.47 Å². The third-order valence-corrected chi connectivity index (χ3v) is 7.17. The first kappa shape index (κ1) is 16.8. The Balaban J connectivity index is 1.31. The highest BCUT2D eigenvalue weighted by atomic mass is 32.2. The summed E-state index contributed by atoms with van der Waals surface area (Å²) in [6.45, 7) is 2.40. The molecule has 0 saturated heterocycles. The molecule has 4 heterocycles. The number of thioether (sulfide) groups is 1. The van der Waals surface area contributed by atoms with E-state index in [0.29, 0.717) is 5.75 Å². The quantitative estimate of drug-likeness (QED) is 0.606. The first-order valence-corrected chi connectivity index (χ1v) is 10.9. The van der Waals surface area contributed by atoms with E-state index in [-0.39, 0.29) is 5.91 Å². The van der Waals surface area contributed by atoms with Crippen LogP contribution < -0.4 is 0 Å². The van der Waals surface area contributed by atoms with Gasteiger partial charge in [0.1, 0.15) is 6.33 Å². The molecule has 25 heavy (non-hydrogen) atoms. The molecule has 0 bridgehead atoms. The van der Waals surface area contributed by atoms with Crippen molar-refractivity contribution in [3.05, 3.63) is 50.6 Å². The van der Waals surface area contributed by atoms with Crippen molar-refractivity contribution in [1.29, 1.82) is 0 Å². The van der Waals surface area contributed by atoms with E-state index >= 15 is 0 Å².